The van der Waals surface area contributed by atoms with Gasteiger partial charge in [0.25, 0.3) is 0 Å². The Kier molecular flexibility index (Phi) is 5.25. The smallest absolute Gasteiger partial charge is 0.149 e. The van der Waals surface area contributed by atoms with Crippen LogP contribution in [0.25, 0.3) is 0 Å². The molecule has 1 unspecified atom stereocenters. The fraction of sp³-hybridized carbons (Fsp3) is 0.467. The number of rotatable bonds is 3. The lowest BCUT2D eigenvalue weighted by atomic mass is 9.98. The highest BCUT2D eigenvalue weighted by Crippen LogP contribution is 2.28. The van der Waals surface area contributed by atoms with Crippen molar-refractivity contribution in [3.05, 3.63) is 28.2 Å². The maximum atomic E-state index is 9.65. The van der Waals surface area contributed by atoms with Gasteiger partial charge in [-0.3, -0.25) is 0 Å². The predicted molar refractivity (Wildman–Crippen MR) is 77.5 cm³/mol. The lowest BCUT2D eigenvalue weighted by molar-refractivity contribution is 0.193. The van der Waals surface area contributed by atoms with E-state index in [4.69, 9.17) is 4.74 Å². The summed E-state index contributed by atoms with van der Waals surface area (Å²) in [6, 6.07) is 5.58. The summed E-state index contributed by atoms with van der Waals surface area (Å²) in [5.74, 6) is 6.77. The van der Waals surface area contributed by atoms with Crippen molar-refractivity contribution in [1.29, 1.82) is 0 Å². The molecule has 0 aromatic heterocycles. The Balaban J connectivity index is 2.77. The molecule has 0 bridgehead atoms. The first-order chi connectivity index (χ1) is 8.29. The van der Waals surface area contributed by atoms with Crippen LogP contribution in [0.4, 0.5) is 0 Å². The van der Waals surface area contributed by atoms with Crippen LogP contribution in [0, 0.1) is 17.3 Å². The number of aliphatic hydroxyl groups is 1. The zero-order chi connectivity index (χ0) is 13.8. The second-order valence-electron chi connectivity index (χ2n) is 5.20. The topological polar surface area (TPSA) is 29.5 Å². The maximum absolute atomic E-state index is 9.65. The quantitative estimate of drug-likeness (QED) is 0.857. The third kappa shape index (κ3) is 5.12. The van der Waals surface area contributed by atoms with Crippen LogP contribution in [-0.2, 0) is 0 Å². The molecule has 0 radical (unpaired) electrons. The normalized spacial score (nSPS) is 12.6. The Labute approximate surface area is 117 Å². The number of benzene rings is 1. The lowest BCUT2D eigenvalue weighted by Gasteiger charge is -2.12. The summed E-state index contributed by atoms with van der Waals surface area (Å²) in [7, 11) is 0. The van der Waals surface area contributed by atoms with Gasteiger partial charge in [-0.25, -0.2) is 0 Å². The van der Waals surface area contributed by atoms with Gasteiger partial charge in [0.15, 0.2) is 0 Å². The van der Waals surface area contributed by atoms with E-state index in [9.17, 15) is 5.11 Å². The molecule has 0 saturated carbocycles. The van der Waals surface area contributed by atoms with Crippen LogP contribution in [0.5, 0.6) is 5.75 Å². The summed E-state index contributed by atoms with van der Waals surface area (Å²) >= 11 is 3.39. The van der Waals surface area contributed by atoms with Gasteiger partial charge in [-0.05, 0) is 39.8 Å². The van der Waals surface area contributed by atoms with Gasteiger partial charge >= 0.3 is 0 Å². The van der Waals surface area contributed by atoms with Gasteiger partial charge in [0.2, 0.25) is 0 Å². The van der Waals surface area contributed by atoms with Crippen molar-refractivity contribution in [3.8, 4) is 17.6 Å². The first-order valence-electron chi connectivity index (χ1n) is 5.90. The average Bonchev–Trinajstić information content (AvgIpc) is 2.22. The van der Waals surface area contributed by atoms with Crippen LogP contribution in [-0.4, -0.2) is 11.7 Å². The van der Waals surface area contributed by atoms with Gasteiger partial charge in [-0.15, -0.1) is 0 Å². The molecule has 0 fully saturated rings. The molecule has 0 amide bonds. The van der Waals surface area contributed by atoms with Crippen molar-refractivity contribution in [3.63, 3.8) is 0 Å². The minimum absolute atomic E-state index is 0.0201. The van der Waals surface area contributed by atoms with Gasteiger partial charge in [0.05, 0.1) is 6.10 Å². The molecule has 3 heteroatoms. The van der Waals surface area contributed by atoms with E-state index in [1.165, 1.54) is 0 Å². The van der Waals surface area contributed by atoms with Gasteiger partial charge in [-0.1, -0.05) is 33.8 Å². The molecule has 1 atom stereocenters. The number of halogens is 1. The van der Waals surface area contributed by atoms with E-state index in [2.05, 4.69) is 48.5 Å². The minimum Gasteiger partial charge on any atom is -0.481 e. The first kappa shape index (κ1) is 15.1. The van der Waals surface area contributed by atoms with Crippen LogP contribution in [0.15, 0.2) is 22.7 Å². The van der Waals surface area contributed by atoms with Crippen LogP contribution < -0.4 is 4.74 Å². The summed E-state index contributed by atoms with van der Waals surface area (Å²) in [5, 5.41) is 9.65. The monoisotopic (exact) mass is 310 g/mol. The fourth-order valence-electron chi connectivity index (χ4n) is 1.39. The van der Waals surface area contributed by atoms with Gasteiger partial charge in [-0.2, -0.15) is 0 Å². The molecule has 1 N–H and O–H groups in total. The van der Waals surface area contributed by atoms with Crippen molar-refractivity contribution in [2.24, 2.45) is 5.41 Å². The average molecular weight is 311 g/mol. The molecular formula is C15H19BrO2. The zero-order valence-electron chi connectivity index (χ0n) is 11.2. The van der Waals surface area contributed by atoms with Crippen molar-refractivity contribution >= 4 is 15.9 Å². The van der Waals surface area contributed by atoms with E-state index in [0.717, 1.165) is 10.0 Å². The summed E-state index contributed by atoms with van der Waals surface area (Å²) in [6.45, 7) is 8.21. The fourth-order valence-corrected chi connectivity index (χ4v) is 1.73. The molecule has 1 aromatic carbocycles. The van der Waals surface area contributed by atoms with Crippen molar-refractivity contribution in [2.45, 2.75) is 33.8 Å². The summed E-state index contributed by atoms with van der Waals surface area (Å²) in [4.78, 5) is 0. The molecule has 0 heterocycles. The highest BCUT2D eigenvalue weighted by molar-refractivity contribution is 9.10. The Morgan fingerprint density at radius 2 is 2.06 bits per heavy atom. The lowest BCUT2D eigenvalue weighted by Crippen LogP contribution is -2.03. The Hall–Kier alpha value is -0.980. The molecule has 0 spiro atoms. The van der Waals surface area contributed by atoms with E-state index in [1.807, 2.05) is 18.2 Å². The maximum Gasteiger partial charge on any atom is 0.149 e. The number of hydrogen-bond acceptors (Lipinski definition) is 2. The van der Waals surface area contributed by atoms with Gasteiger partial charge in [0, 0.05) is 15.5 Å². The Morgan fingerprint density at radius 3 is 2.61 bits per heavy atom. The highest BCUT2D eigenvalue weighted by atomic mass is 79.9. The molecule has 18 heavy (non-hydrogen) atoms. The molecule has 0 aliphatic carbocycles. The summed E-state index contributed by atoms with van der Waals surface area (Å²) in [5.41, 5.74) is 0.754. The van der Waals surface area contributed by atoms with Crippen LogP contribution in [0.1, 0.15) is 39.4 Å². The van der Waals surface area contributed by atoms with Crippen molar-refractivity contribution in [2.75, 3.05) is 6.61 Å². The first-order valence-corrected chi connectivity index (χ1v) is 6.69. The Bertz CT molecular complexity index is 462. The SMILES string of the molecule is CC(O)c1ccc(Br)cc1OCC#CC(C)(C)C. The zero-order valence-corrected chi connectivity index (χ0v) is 12.8. The van der Waals surface area contributed by atoms with Gasteiger partial charge < -0.3 is 9.84 Å². The second-order valence-corrected chi connectivity index (χ2v) is 6.11. The molecule has 1 aromatic rings. The van der Waals surface area contributed by atoms with Crippen molar-refractivity contribution < 1.29 is 9.84 Å². The number of hydrogen-bond donors (Lipinski definition) is 1. The summed E-state index contributed by atoms with van der Waals surface area (Å²) in [6.07, 6.45) is -0.552. The molecule has 1 rings (SSSR count). The van der Waals surface area contributed by atoms with E-state index in [-0.39, 0.29) is 5.41 Å². The third-order valence-electron chi connectivity index (χ3n) is 2.19. The standard InChI is InChI=1S/C15H19BrO2/c1-11(17)13-7-6-12(16)10-14(13)18-9-5-8-15(2,3)4/h6-7,10-11,17H,9H2,1-4H3. The Morgan fingerprint density at radius 1 is 1.39 bits per heavy atom. The summed E-state index contributed by atoms with van der Waals surface area (Å²) < 4.78 is 6.53. The van der Waals surface area contributed by atoms with E-state index >= 15 is 0 Å². The third-order valence-corrected chi connectivity index (χ3v) is 2.68. The van der Waals surface area contributed by atoms with Crippen molar-refractivity contribution in [1.82, 2.24) is 0 Å². The van der Waals surface area contributed by atoms with Gasteiger partial charge in [0.1, 0.15) is 12.4 Å². The predicted octanol–water partition coefficient (Wildman–Crippen LogP) is 3.93. The van der Waals surface area contributed by atoms with Crippen LogP contribution >= 0.6 is 15.9 Å². The molecule has 98 valence electrons. The van der Waals surface area contributed by atoms with E-state index in [1.54, 1.807) is 6.92 Å². The second kappa shape index (κ2) is 6.26. The molecule has 0 aliphatic heterocycles. The molecule has 0 aliphatic rings. The number of aliphatic hydroxyl groups excluding tert-OH is 1. The van der Waals surface area contributed by atoms with Crippen LogP contribution in [0.3, 0.4) is 0 Å². The number of ether oxygens (including phenoxy) is 1. The highest BCUT2D eigenvalue weighted by Gasteiger charge is 2.09. The largest absolute Gasteiger partial charge is 0.481 e. The van der Waals surface area contributed by atoms with Crippen LogP contribution in [0.2, 0.25) is 0 Å². The molecule has 2 nitrogen and oxygen atoms in total. The van der Waals surface area contributed by atoms with E-state index in [0.29, 0.717) is 12.4 Å². The van der Waals surface area contributed by atoms with E-state index < -0.39 is 6.10 Å². The molecular weight excluding hydrogens is 292 g/mol. The minimum atomic E-state index is -0.552. The molecule has 0 saturated heterocycles.